The van der Waals surface area contributed by atoms with Crippen LogP contribution in [0.25, 0.3) is 33.5 Å². The number of amides is 2. The molecule has 0 radical (unpaired) electrons. The first-order valence-electron chi connectivity index (χ1n) is 13.8. The molecule has 11 heteroatoms. The summed E-state index contributed by atoms with van der Waals surface area (Å²) in [6.45, 7) is 4.02. The topological polar surface area (TPSA) is 122 Å². The fourth-order valence-electron chi connectivity index (χ4n) is 4.86. The first-order valence-corrected chi connectivity index (χ1v) is 13.8. The zero-order valence-electron chi connectivity index (χ0n) is 23.4. The predicted molar refractivity (Wildman–Crippen MR) is 162 cm³/mol. The van der Waals surface area contributed by atoms with Crippen LogP contribution in [-0.2, 0) is 16.0 Å². The minimum absolute atomic E-state index is 0.0147. The Morgan fingerprint density at radius 3 is 2.47 bits per heavy atom. The standard InChI is InChI=1S/C32H28FN7O3/c1-20(41)15-21-4-9-27(26(33)16-21)38-32(42)36-25-7-5-22(6-8-25)30-37-28-17-24(23-3-2-10-34-18-23)19-35-29(28)31(39-30)40-11-13-43-14-12-40/h2-10,16-19H,11-15H2,1H3,(H2,36,38,42). The molecule has 0 saturated carbocycles. The van der Waals surface area contributed by atoms with E-state index >= 15 is 0 Å². The summed E-state index contributed by atoms with van der Waals surface area (Å²) in [5, 5.41) is 5.22. The largest absolute Gasteiger partial charge is 0.378 e. The zero-order chi connectivity index (χ0) is 29.8. The molecule has 2 aromatic carbocycles. The van der Waals surface area contributed by atoms with Gasteiger partial charge in [0.15, 0.2) is 11.6 Å². The molecule has 1 aliphatic heterocycles. The zero-order valence-corrected chi connectivity index (χ0v) is 23.4. The number of halogens is 1. The van der Waals surface area contributed by atoms with Crippen LogP contribution in [0, 0.1) is 5.82 Å². The van der Waals surface area contributed by atoms with Gasteiger partial charge in [-0.1, -0.05) is 12.1 Å². The van der Waals surface area contributed by atoms with Gasteiger partial charge in [-0.05, 0) is 61.0 Å². The number of ketones is 1. The van der Waals surface area contributed by atoms with E-state index in [0.717, 1.165) is 22.5 Å². The van der Waals surface area contributed by atoms with Crippen molar-refractivity contribution >= 4 is 40.0 Å². The van der Waals surface area contributed by atoms with Crippen molar-refractivity contribution < 1.29 is 18.7 Å². The van der Waals surface area contributed by atoms with E-state index in [4.69, 9.17) is 19.7 Å². The van der Waals surface area contributed by atoms with Gasteiger partial charge in [0, 0.05) is 60.5 Å². The lowest BCUT2D eigenvalue weighted by atomic mass is 10.1. The van der Waals surface area contributed by atoms with Crippen molar-refractivity contribution in [3.8, 4) is 22.5 Å². The maximum absolute atomic E-state index is 14.5. The minimum Gasteiger partial charge on any atom is -0.378 e. The third kappa shape index (κ3) is 6.47. The molecule has 1 fully saturated rings. The van der Waals surface area contributed by atoms with Crippen molar-refractivity contribution in [3.63, 3.8) is 0 Å². The van der Waals surface area contributed by atoms with Gasteiger partial charge in [0.2, 0.25) is 0 Å². The maximum atomic E-state index is 14.5. The molecule has 0 bridgehead atoms. The Morgan fingerprint density at radius 1 is 0.930 bits per heavy atom. The molecule has 4 heterocycles. The van der Waals surface area contributed by atoms with Crippen LogP contribution >= 0.6 is 0 Å². The van der Waals surface area contributed by atoms with Crippen molar-refractivity contribution in [2.45, 2.75) is 13.3 Å². The number of Topliss-reactive ketones (excluding diaryl/α,β-unsaturated/α-hetero) is 1. The van der Waals surface area contributed by atoms with Crippen LogP contribution < -0.4 is 15.5 Å². The van der Waals surface area contributed by atoms with Crippen LogP contribution in [0.3, 0.4) is 0 Å². The monoisotopic (exact) mass is 577 g/mol. The number of morpholine rings is 1. The number of benzene rings is 2. The number of pyridine rings is 2. The Kier molecular flexibility index (Phi) is 7.96. The Balaban J connectivity index is 1.25. The number of hydrogen-bond donors (Lipinski definition) is 2. The average Bonchev–Trinajstić information content (AvgIpc) is 3.02. The normalized spacial score (nSPS) is 13.1. The fourth-order valence-corrected chi connectivity index (χ4v) is 4.86. The summed E-state index contributed by atoms with van der Waals surface area (Å²) in [4.78, 5) is 44.7. The third-order valence-corrected chi connectivity index (χ3v) is 6.96. The van der Waals surface area contributed by atoms with Crippen molar-refractivity contribution in [1.29, 1.82) is 0 Å². The molecule has 216 valence electrons. The van der Waals surface area contributed by atoms with E-state index in [9.17, 15) is 14.0 Å². The van der Waals surface area contributed by atoms with Gasteiger partial charge in [-0.25, -0.2) is 19.2 Å². The SMILES string of the molecule is CC(=O)Cc1ccc(NC(=O)Nc2ccc(-c3nc(N4CCOCC4)c4ncc(-c5cccnc5)cc4n3)cc2)c(F)c1. The van der Waals surface area contributed by atoms with Gasteiger partial charge in [-0.2, -0.15) is 0 Å². The van der Waals surface area contributed by atoms with Crippen LogP contribution in [0.1, 0.15) is 12.5 Å². The second-order valence-corrected chi connectivity index (χ2v) is 10.2. The summed E-state index contributed by atoms with van der Waals surface area (Å²) in [6, 6.07) is 16.6. The summed E-state index contributed by atoms with van der Waals surface area (Å²) in [5.41, 5.74) is 5.05. The molecule has 0 spiro atoms. The number of anilines is 3. The molecule has 1 saturated heterocycles. The van der Waals surface area contributed by atoms with Crippen LogP contribution in [0.2, 0.25) is 0 Å². The number of ether oxygens (including phenoxy) is 1. The summed E-state index contributed by atoms with van der Waals surface area (Å²) in [6.07, 6.45) is 5.45. The number of rotatable bonds is 7. The lowest BCUT2D eigenvalue weighted by molar-refractivity contribution is -0.116. The summed E-state index contributed by atoms with van der Waals surface area (Å²) < 4.78 is 20.0. The van der Waals surface area contributed by atoms with E-state index in [1.807, 2.05) is 36.5 Å². The predicted octanol–water partition coefficient (Wildman–Crippen LogP) is 5.51. The van der Waals surface area contributed by atoms with Crippen LogP contribution in [0.4, 0.5) is 26.4 Å². The second-order valence-electron chi connectivity index (χ2n) is 10.2. The van der Waals surface area contributed by atoms with E-state index in [2.05, 4.69) is 20.5 Å². The molecule has 2 N–H and O–H groups in total. The Bertz CT molecular complexity index is 1790. The highest BCUT2D eigenvalue weighted by atomic mass is 19.1. The number of fused-ring (bicyclic) bond motifs is 1. The van der Waals surface area contributed by atoms with Crippen LogP contribution in [0.5, 0.6) is 0 Å². The number of hydrogen-bond acceptors (Lipinski definition) is 8. The molecule has 5 aromatic rings. The summed E-state index contributed by atoms with van der Waals surface area (Å²) >= 11 is 0. The summed E-state index contributed by atoms with van der Waals surface area (Å²) in [5.74, 6) is 0.565. The van der Waals surface area contributed by atoms with E-state index in [1.54, 1.807) is 30.6 Å². The van der Waals surface area contributed by atoms with E-state index in [-0.39, 0.29) is 17.9 Å². The molecule has 10 nitrogen and oxygen atoms in total. The number of nitrogens with zero attached hydrogens (tertiary/aromatic N) is 5. The quantitative estimate of drug-likeness (QED) is 0.260. The van der Waals surface area contributed by atoms with Gasteiger partial charge in [0.25, 0.3) is 0 Å². The smallest absolute Gasteiger partial charge is 0.323 e. The molecule has 43 heavy (non-hydrogen) atoms. The third-order valence-electron chi connectivity index (χ3n) is 6.96. The average molecular weight is 578 g/mol. The molecule has 2 amide bonds. The first-order chi connectivity index (χ1) is 20.9. The molecule has 0 unspecified atom stereocenters. The molecular weight excluding hydrogens is 549 g/mol. The number of nitrogens with one attached hydrogen (secondary N) is 2. The molecule has 0 aliphatic carbocycles. The van der Waals surface area contributed by atoms with E-state index in [1.165, 1.54) is 19.1 Å². The highest BCUT2D eigenvalue weighted by Gasteiger charge is 2.20. The summed E-state index contributed by atoms with van der Waals surface area (Å²) in [7, 11) is 0. The molecule has 0 atom stereocenters. The van der Waals surface area contributed by atoms with Crippen LogP contribution in [0.15, 0.2) is 79.3 Å². The maximum Gasteiger partial charge on any atom is 0.323 e. The van der Waals surface area contributed by atoms with Crippen molar-refractivity contribution in [3.05, 3.63) is 90.6 Å². The van der Waals surface area contributed by atoms with Gasteiger partial charge in [0.1, 0.15) is 17.1 Å². The highest BCUT2D eigenvalue weighted by molar-refractivity contribution is 6.00. The van der Waals surface area contributed by atoms with E-state index < -0.39 is 11.8 Å². The fraction of sp³-hybridized carbons (Fsp3) is 0.188. The Labute approximate surface area is 247 Å². The van der Waals surface area contributed by atoms with Crippen molar-refractivity contribution in [1.82, 2.24) is 19.9 Å². The molecule has 6 rings (SSSR count). The van der Waals surface area contributed by atoms with Crippen molar-refractivity contribution in [2.75, 3.05) is 41.8 Å². The van der Waals surface area contributed by atoms with Gasteiger partial charge < -0.3 is 20.3 Å². The van der Waals surface area contributed by atoms with Crippen LogP contribution in [-0.4, -0.2) is 58.1 Å². The van der Waals surface area contributed by atoms with Crippen molar-refractivity contribution in [2.24, 2.45) is 0 Å². The van der Waals surface area contributed by atoms with Gasteiger partial charge in [-0.3, -0.25) is 14.8 Å². The molecular formula is C32H28FN7O3. The number of aromatic nitrogens is 4. The lowest BCUT2D eigenvalue weighted by Crippen LogP contribution is -2.37. The Morgan fingerprint density at radius 2 is 1.74 bits per heavy atom. The van der Waals surface area contributed by atoms with Gasteiger partial charge in [0.05, 0.1) is 24.4 Å². The first kappa shape index (κ1) is 27.9. The molecule has 3 aromatic heterocycles. The number of carbonyl (C=O) groups is 2. The lowest BCUT2D eigenvalue weighted by Gasteiger charge is -2.28. The van der Waals surface area contributed by atoms with E-state index in [0.29, 0.717) is 54.4 Å². The Hall–Kier alpha value is -5.29. The minimum atomic E-state index is -0.616. The highest BCUT2D eigenvalue weighted by Crippen LogP contribution is 2.30. The molecule has 1 aliphatic rings. The number of urea groups is 1. The van der Waals surface area contributed by atoms with Gasteiger partial charge >= 0.3 is 6.03 Å². The second kappa shape index (κ2) is 12.3. The number of carbonyl (C=O) groups excluding carboxylic acids is 2. The van der Waals surface area contributed by atoms with Gasteiger partial charge in [-0.15, -0.1) is 0 Å².